The Hall–Kier alpha value is -3.17. The van der Waals surface area contributed by atoms with Crippen molar-refractivity contribution in [3.63, 3.8) is 0 Å². The molecule has 3 aromatic rings. The van der Waals surface area contributed by atoms with Crippen LogP contribution in [-0.2, 0) is 11.3 Å². The maximum absolute atomic E-state index is 13.7. The van der Waals surface area contributed by atoms with Crippen LogP contribution in [0.1, 0.15) is 29.3 Å². The van der Waals surface area contributed by atoms with Crippen molar-refractivity contribution in [2.75, 3.05) is 18.0 Å². The summed E-state index contributed by atoms with van der Waals surface area (Å²) < 4.78 is 13.7. The molecule has 0 aliphatic carbocycles. The Labute approximate surface area is 195 Å². The molecule has 5 rings (SSSR count). The molecule has 1 unspecified atom stereocenters. The van der Waals surface area contributed by atoms with E-state index in [0.717, 1.165) is 47.7 Å². The molecule has 2 aromatic heterocycles. The van der Waals surface area contributed by atoms with Gasteiger partial charge in [-0.05, 0) is 67.7 Å². The predicted molar refractivity (Wildman–Crippen MR) is 127 cm³/mol. The van der Waals surface area contributed by atoms with E-state index in [4.69, 9.17) is 0 Å². The number of hydrogen-bond acceptors (Lipinski definition) is 6. The number of halogens is 1. The second-order valence-corrected chi connectivity index (χ2v) is 9.25. The summed E-state index contributed by atoms with van der Waals surface area (Å²) in [5.41, 5.74) is 3.30. The smallest absolute Gasteiger partial charge is 0.269 e. The molecule has 0 bridgehead atoms. The van der Waals surface area contributed by atoms with Crippen LogP contribution in [0.2, 0.25) is 0 Å². The number of aromatic amines is 1. The van der Waals surface area contributed by atoms with Gasteiger partial charge >= 0.3 is 0 Å². The predicted octanol–water partition coefficient (Wildman–Crippen LogP) is 3.72. The van der Waals surface area contributed by atoms with Crippen LogP contribution in [0.4, 0.5) is 10.1 Å². The Kier molecular flexibility index (Phi) is 6.41. The number of rotatable bonds is 6. The lowest BCUT2D eigenvalue weighted by atomic mass is 9.96. The zero-order valence-electron chi connectivity index (χ0n) is 18.0. The average Bonchev–Trinajstić information content (AvgIpc) is 3.53. The van der Waals surface area contributed by atoms with Crippen molar-refractivity contribution >= 4 is 23.4 Å². The first kappa shape index (κ1) is 21.7. The van der Waals surface area contributed by atoms with Gasteiger partial charge in [-0.15, -0.1) is 0 Å². The molecule has 1 atom stereocenters. The molecule has 1 aromatic carbocycles. The number of pyridine rings is 1. The van der Waals surface area contributed by atoms with Gasteiger partial charge in [0.2, 0.25) is 0 Å². The van der Waals surface area contributed by atoms with Crippen LogP contribution in [0, 0.1) is 11.7 Å². The lowest BCUT2D eigenvalue weighted by Gasteiger charge is -2.28. The van der Waals surface area contributed by atoms with E-state index in [0.29, 0.717) is 12.2 Å². The Morgan fingerprint density at radius 1 is 1.18 bits per heavy atom. The molecule has 2 aliphatic rings. The van der Waals surface area contributed by atoms with Gasteiger partial charge in [-0.25, -0.2) is 4.39 Å². The first-order valence-electron chi connectivity index (χ1n) is 11.0. The van der Waals surface area contributed by atoms with E-state index in [1.54, 1.807) is 42.5 Å². The molecule has 0 saturated carbocycles. The second kappa shape index (κ2) is 9.76. The van der Waals surface area contributed by atoms with Gasteiger partial charge in [0.25, 0.3) is 5.91 Å². The topological polar surface area (TPSA) is 85.9 Å². The van der Waals surface area contributed by atoms with Crippen LogP contribution in [0.3, 0.4) is 0 Å². The standard InChI is InChI=1S/C24H25FN6OS/c25-19-3-5-20(6-4-19)31-21(23(32)28-13-16-2-1-9-27-12-16)22(17-7-10-26-11-8-17)33-24(31)18-14-29-30-15-18/h1-6,9,12,14-15,17,24,26H,7-8,10-11,13H2,(H,28,32)(H,29,30). The molecule has 170 valence electrons. The van der Waals surface area contributed by atoms with E-state index in [1.165, 1.54) is 12.1 Å². The van der Waals surface area contributed by atoms with Crippen LogP contribution in [0.25, 0.3) is 0 Å². The molecule has 1 amide bonds. The number of aromatic nitrogens is 3. The number of nitrogens with zero attached hydrogens (tertiary/aromatic N) is 3. The highest BCUT2D eigenvalue weighted by Crippen LogP contribution is 2.53. The summed E-state index contributed by atoms with van der Waals surface area (Å²) in [4.78, 5) is 20.9. The molecule has 33 heavy (non-hydrogen) atoms. The van der Waals surface area contributed by atoms with Crippen LogP contribution in [-0.4, -0.2) is 34.2 Å². The summed E-state index contributed by atoms with van der Waals surface area (Å²) in [6, 6.07) is 10.1. The fraction of sp³-hybridized carbons (Fsp3) is 0.292. The number of carbonyl (C=O) groups excluding carboxylic acids is 1. The number of nitrogens with one attached hydrogen (secondary N) is 3. The number of thioether (sulfide) groups is 1. The molecule has 0 radical (unpaired) electrons. The third-order valence-electron chi connectivity index (χ3n) is 5.96. The SMILES string of the molecule is O=C(NCc1cccnc1)C1=C(C2CCNCC2)SC(c2cn[nH]c2)N1c1ccc(F)cc1. The number of hydrogen-bond donors (Lipinski definition) is 3. The first-order valence-corrected chi connectivity index (χ1v) is 11.9. The highest BCUT2D eigenvalue weighted by molar-refractivity contribution is 8.03. The fourth-order valence-corrected chi connectivity index (χ4v) is 5.88. The first-order chi connectivity index (χ1) is 16.2. The van der Waals surface area contributed by atoms with E-state index in [1.807, 2.05) is 23.2 Å². The quantitative estimate of drug-likeness (QED) is 0.516. The van der Waals surface area contributed by atoms with Crippen LogP contribution in [0.15, 0.2) is 71.8 Å². The molecular weight excluding hydrogens is 439 g/mol. The van der Waals surface area contributed by atoms with Gasteiger partial charge in [0.05, 0.1) is 6.20 Å². The zero-order chi connectivity index (χ0) is 22.6. The molecule has 0 spiro atoms. The van der Waals surface area contributed by atoms with E-state index in [2.05, 4.69) is 25.8 Å². The number of benzene rings is 1. The summed E-state index contributed by atoms with van der Waals surface area (Å²) >= 11 is 1.69. The van der Waals surface area contributed by atoms with Crippen LogP contribution < -0.4 is 15.5 Å². The molecule has 1 fully saturated rings. The van der Waals surface area contributed by atoms with Crippen molar-refractivity contribution in [1.82, 2.24) is 25.8 Å². The molecule has 9 heteroatoms. The molecule has 3 N–H and O–H groups in total. The summed E-state index contributed by atoms with van der Waals surface area (Å²) in [5, 5.41) is 13.3. The molecule has 2 aliphatic heterocycles. The number of allylic oxidation sites excluding steroid dienone is 1. The van der Waals surface area contributed by atoms with Crippen LogP contribution in [0.5, 0.6) is 0 Å². The monoisotopic (exact) mass is 464 g/mol. The lowest BCUT2D eigenvalue weighted by molar-refractivity contribution is -0.117. The normalized spacial score (nSPS) is 19.2. The second-order valence-electron chi connectivity index (χ2n) is 8.13. The van der Waals surface area contributed by atoms with Crippen molar-refractivity contribution in [1.29, 1.82) is 0 Å². The lowest BCUT2D eigenvalue weighted by Crippen LogP contribution is -2.35. The number of amides is 1. The zero-order valence-corrected chi connectivity index (χ0v) is 18.8. The summed E-state index contributed by atoms with van der Waals surface area (Å²) in [6.07, 6.45) is 9.03. The number of anilines is 1. The van der Waals surface area contributed by atoms with Gasteiger partial charge in [-0.2, -0.15) is 5.10 Å². The summed E-state index contributed by atoms with van der Waals surface area (Å²) in [6.45, 7) is 2.23. The minimum atomic E-state index is -0.310. The highest BCUT2D eigenvalue weighted by atomic mass is 32.2. The fourth-order valence-electron chi connectivity index (χ4n) is 4.31. The van der Waals surface area contributed by atoms with Crippen molar-refractivity contribution in [2.24, 2.45) is 5.92 Å². The Balaban J connectivity index is 1.54. The van der Waals surface area contributed by atoms with Crippen molar-refractivity contribution in [2.45, 2.75) is 24.8 Å². The van der Waals surface area contributed by atoms with Gasteiger partial charge in [-0.3, -0.25) is 14.9 Å². The van der Waals surface area contributed by atoms with Gasteiger partial charge < -0.3 is 15.5 Å². The highest BCUT2D eigenvalue weighted by Gasteiger charge is 2.41. The van der Waals surface area contributed by atoms with Gasteiger partial charge in [0.15, 0.2) is 0 Å². The van der Waals surface area contributed by atoms with Crippen molar-refractivity contribution in [3.05, 3.63) is 88.7 Å². The Morgan fingerprint density at radius 2 is 2.00 bits per heavy atom. The Bertz CT molecular complexity index is 1110. The molecule has 1 saturated heterocycles. The average molecular weight is 465 g/mol. The largest absolute Gasteiger partial charge is 0.347 e. The maximum atomic E-state index is 13.7. The maximum Gasteiger partial charge on any atom is 0.269 e. The van der Waals surface area contributed by atoms with Gasteiger partial charge in [0, 0.05) is 41.3 Å². The van der Waals surface area contributed by atoms with Crippen molar-refractivity contribution in [3.8, 4) is 0 Å². The van der Waals surface area contributed by atoms with E-state index >= 15 is 0 Å². The molecule has 4 heterocycles. The molecule has 7 nitrogen and oxygen atoms in total. The number of H-pyrrole nitrogens is 1. The van der Waals surface area contributed by atoms with E-state index in [9.17, 15) is 9.18 Å². The minimum absolute atomic E-state index is 0.143. The number of piperidine rings is 1. The number of carbonyl (C=O) groups is 1. The summed E-state index contributed by atoms with van der Waals surface area (Å²) in [7, 11) is 0. The third-order valence-corrected chi connectivity index (χ3v) is 7.44. The Morgan fingerprint density at radius 3 is 2.70 bits per heavy atom. The molecular formula is C24H25FN6OS. The van der Waals surface area contributed by atoms with Gasteiger partial charge in [0.1, 0.15) is 16.9 Å². The van der Waals surface area contributed by atoms with Crippen molar-refractivity contribution < 1.29 is 9.18 Å². The minimum Gasteiger partial charge on any atom is -0.347 e. The van der Waals surface area contributed by atoms with E-state index in [-0.39, 0.29) is 23.0 Å². The van der Waals surface area contributed by atoms with E-state index < -0.39 is 0 Å². The van der Waals surface area contributed by atoms with Gasteiger partial charge in [-0.1, -0.05) is 17.8 Å². The third kappa shape index (κ3) is 4.65. The summed E-state index contributed by atoms with van der Waals surface area (Å²) in [5.74, 6) is -0.166. The van der Waals surface area contributed by atoms with Crippen LogP contribution >= 0.6 is 11.8 Å².